The summed E-state index contributed by atoms with van der Waals surface area (Å²) in [6.45, 7) is 0.0801. The molecule has 0 saturated heterocycles. The third kappa shape index (κ3) is 2.96. The third-order valence-electron chi connectivity index (χ3n) is 1.85. The number of aromatic carboxylic acids is 1. The Labute approximate surface area is 91.9 Å². The Morgan fingerprint density at radius 2 is 2.06 bits per heavy atom. The highest BCUT2D eigenvalue weighted by molar-refractivity contribution is 5.96. The largest absolute Gasteiger partial charge is 0.506 e. The number of phenolic OH excluding ortho intramolecular Hbond substituents is 1. The number of likely N-dealkylation sites (N-methyl/N-ethyl adjacent to an activating group) is 1. The quantitative estimate of drug-likeness (QED) is 0.549. The van der Waals surface area contributed by atoms with E-state index in [-0.39, 0.29) is 29.5 Å². The molecule has 16 heavy (non-hydrogen) atoms. The van der Waals surface area contributed by atoms with E-state index in [2.05, 4.69) is 10.6 Å². The first-order chi connectivity index (χ1) is 7.54. The summed E-state index contributed by atoms with van der Waals surface area (Å²) in [4.78, 5) is 21.9. The predicted molar refractivity (Wildman–Crippen MR) is 57.6 cm³/mol. The minimum Gasteiger partial charge on any atom is -0.506 e. The van der Waals surface area contributed by atoms with Crippen LogP contribution < -0.4 is 10.6 Å². The average Bonchev–Trinajstić information content (AvgIpc) is 2.21. The number of phenols is 1. The summed E-state index contributed by atoms with van der Waals surface area (Å²) < 4.78 is 0. The van der Waals surface area contributed by atoms with Gasteiger partial charge in [0.1, 0.15) is 5.75 Å². The fourth-order valence-electron chi connectivity index (χ4n) is 1.12. The van der Waals surface area contributed by atoms with E-state index in [1.54, 1.807) is 7.05 Å². The maximum Gasteiger partial charge on any atom is 0.335 e. The van der Waals surface area contributed by atoms with E-state index in [4.69, 9.17) is 5.11 Å². The van der Waals surface area contributed by atoms with Crippen molar-refractivity contribution in [3.8, 4) is 5.75 Å². The molecule has 0 aliphatic carbocycles. The van der Waals surface area contributed by atoms with Gasteiger partial charge in [0.2, 0.25) is 5.91 Å². The molecule has 0 aromatic heterocycles. The second-order valence-corrected chi connectivity index (χ2v) is 3.12. The highest BCUT2D eigenvalue weighted by Gasteiger charge is 2.09. The van der Waals surface area contributed by atoms with Gasteiger partial charge in [0.25, 0.3) is 0 Å². The summed E-state index contributed by atoms with van der Waals surface area (Å²) in [5, 5.41) is 23.2. The summed E-state index contributed by atoms with van der Waals surface area (Å²) in [6, 6.07) is 3.68. The first kappa shape index (κ1) is 12.0. The molecule has 6 heteroatoms. The monoisotopic (exact) mass is 224 g/mol. The molecule has 0 heterocycles. The van der Waals surface area contributed by atoms with Gasteiger partial charge in [0.15, 0.2) is 0 Å². The molecule has 6 nitrogen and oxygen atoms in total. The second-order valence-electron chi connectivity index (χ2n) is 3.12. The second kappa shape index (κ2) is 5.13. The normalized spacial score (nSPS) is 9.81. The molecule has 1 rings (SSSR count). The molecule has 0 saturated carbocycles. The molecule has 0 fully saturated rings. The number of carboxylic acid groups (broad SMARTS) is 1. The van der Waals surface area contributed by atoms with Crippen molar-refractivity contribution in [2.75, 3.05) is 18.9 Å². The topological polar surface area (TPSA) is 98.7 Å². The smallest absolute Gasteiger partial charge is 0.335 e. The van der Waals surface area contributed by atoms with Gasteiger partial charge in [-0.25, -0.2) is 4.79 Å². The number of amides is 1. The van der Waals surface area contributed by atoms with Crippen molar-refractivity contribution in [2.24, 2.45) is 0 Å². The summed E-state index contributed by atoms with van der Waals surface area (Å²) in [7, 11) is 1.60. The van der Waals surface area contributed by atoms with Crippen molar-refractivity contribution in [3.05, 3.63) is 23.8 Å². The zero-order chi connectivity index (χ0) is 12.1. The van der Waals surface area contributed by atoms with E-state index in [0.717, 1.165) is 0 Å². The van der Waals surface area contributed by atoms with Crippen molar-refractivity contribution in [1.82, 2.24) is 5.32 Å². The number of carbonyl (C=O) groups is 2. The number of hydrogen-bond donors (Lipinski definition) is 4. The van der Waals surface area contributed by atoms with E-state index in [9.17, 15) is 14.7 Å². The molecule has 0 atom stereocenters. The summed E-state index contributed by atoms with van der Waals surface area (Å²) in [5.41, 5.74) is 0.0812. The first-order valence-electron chi connectivity index (χ1n) is 4.55. The molecular weight excluding hydrogens is 212 g/mol. The Bertz CT molecular complexity index is 417. The maximum absolute atomic E-state index is 11.2. The number of nitrogens with one attached hydrogen (secondary N) is 2. The standard InChI is InChI=1S/C10H12N2O4/c1-11-5-9(14)12-7-4-6(10(15)16)2-3-8(7)13/h2-4,11,13H,5H2,1H3,(H,12,14)(H,15,16). The van der Waals surface area contributed by atoms with Gasteiger partial charge >= 0.3 is 5.97 Å². The molecule has 0 unspecified atom stereocenters. The van der Waals surface area contributed by atoms with Crippen LogP contribution in [-0.4, -0.2) is 35.7 Å². The first-order valence-corrected chi connectivity index (χ1v) is 4.55. The Kier molecular flexibility index (Phi) is 3.84. The van der Waals surface area contributed by atoms with Gasteiger partial charge in [-0.2, -0.15) is 0 Å². The van der Waals surface area contributed by atoms with Crippen molar-refractivity contribution >= 4 is 17.6 Å². The number of anilines is 1. The Morgan fingerprint density at radius 3 is 2.62 bits per heavy atom. The van der Waals surface area contributed by atoms with Crippen molar-refractivity contribution < 1.29 is 19.8 Å². The SMILES string of the molecule is CNCC(=O)Nc1cc(C(=O)O)ccc1O. The number of aromatic hydroxyl groups is 1. The van der Waals surface area contributed by atoms with Gasteiger partial charge in [-0.05, 0) is 25.2 Å². The lowest BCUT2D eigenvalue weighted by Crippen LogP contribution is -2.25. The van der Waals surface area contributed by atoms with Crippen molar-refractivity contribution in [2.45, 2.75) is 0 Å². The molecule has 1 aromatic carbocycles. The summed E-state index contributed by atoms with van der Waals surface area (Å²) >= 11 is 0. The highest BCUT2D eigenvalue weighted by atomic mass is 16.4. The molecule has 1 aromatic rings. The molecule has 0 aliphatic heterocycles. The van der Waals surface area contributed by atoms with Crippen LogP contribution in [0.25, 0.3) is 0 Å². The van der Waals surface area contributed by atoms with E-state index >= 15 is 0 Å². The van der Waals surface area contributed by atoms with Crippen LogP contribution in [0.15, 0.2) is 18.2 Å². The van der Waals surface area contributed by atoms with E-state index in [1.165, 1.54) is 18.2 Å². The molecule has 0 spiro atoms. The number of carboxylic acids is 1. The van der Waals surface area contributed by atoms with E-state index in [0.29, 0.717) is 0 Å². The fraction of sp³-hybridized carbons (Fsp3) is 0.200. The molecule has 4 N–H and O–H groups in total. The van der Waals surface area contributed by atoms with Crippen molar-refractivity contribution in [3.63, 3.8) is 0 Å². The van der Waals surface area contributed by atoms with E-state index in [1.807, 2.05) is 0 Å². The van der Waals surface area contributed by atoms with Gasteiger partial charge in [-0.3, -0.25) is 4.79 Å². The lowest BCUT2D eigenvalue weighted by atomic mass is 10.2. The Hall–Kier alpha value is -2.08. The zero-order valence-electron chi connectivity index (χ0n) is 8.65. The van der Waals surface area contributed by atoms with Crippen LogP contribution >= 0.6 is 0 Å². The van der Waals surface area contributed by atoms with Crippen LogP contribution in [0.4, 0.5) is 5.69 Å². The zero-order valence-corrected chi connectivity index (χ0v) is 8.65. The van der Waals surface area contributed by atoms with Crippen LogP contribution in [0.1, 0.15) is 10.4 Å². The summed E-state index contributed by atoms with van der Waals surface area (Å²) in [5.74, 6) is -1.65. The van der Waals surface area contributed by atoms with Crippen LogP contribution in [0.3, 0.4) is 0 Å². The number of benzene rings is 1. The molecular formula is C10H12N2O4. The Balaban J connectivity index is 2.90. The molecule has 0 radical (unpaired) electrons. The number of rotatable bonds is 4. The Morgan fingerprint density at radius 1 is 1.38 bits per heavy atom. The molecule has 1 amide bonds. The lowest BCUT2D eigenvalue weighted by Gasteiger charge is -2.07. The number of hydrogen-bond acceptors (Lipinski definition) is 4. The number of carbonyl (C=O) groups excluding carboxylic acids is 1. The minimum atomic E-state index is -1.12. The average molecular weight is 224 g/mol. The van der Waals surface area contributed by atoms with Crippen molar-refractivity contribution in [1.29, 1.82) is 0 Å². The van der Waals surface area contributed by atoms with Gasteiger partial charge < -0.3 is 20.8 Å². The van der Waals surface area contributed by atoms with E-state index < -0.39 is 5.97 Å². The molecule has 86 valence electrons. The van der Waals surface area contributed by atoms with Gasteiger partial charge in [0, 0.05) is 0 Å². The van der Waals surface area contributed by atoms with Crippen LogP contribution in [0.5, 0.6) is 5.75 Å². The van der Waals surface area contributed by atoms with Gasteiger partial charge in [-0.1, -0.05) is 0 Å². The molecule has 0 aliphatic rings. The van der Waals surface area contributed by atoms with Crippen LogP contribution in [0, 0.1) is 0 Å². The van der Waals surface area contributed by atoms with Crippen LogP contribution in [0.2, 0.25) is 0 Å². The molecule has 0 bridgehead atoms. The predicted octanol–water partition coefficient (Wildman–Crippen LogP) is 0.248. The maximum atomic E-state index is 11.2. The van der Waals surface area contributed by atoms with Crippen LogP contribution in [-0.2, 0) is 4.79 Å². The lowest BCUT2D eigenvalue weighted by molar-refractivity contribution is -0.115. The third-order valence-corrected chi connectivity index (χ3v) is 1.85. The highest BCUT2D eigenvalue weighted by Crippen LogP contribution is 2.23. The summed E-state index contributed by atoms with van der Waals surface area (Å²) in [6.07, 6.45) is 0. The fourth-order valence-corrected chi connectivity index (χ4v) is 1.12. The van der Waals surface area contributed by atoms with Gasteiger partial charge in [-0.15, -0.1) is 0 Å². The minimum absolute atomic E-state index is 0.00226. The van der Waals surface area contributed by atoms with Gasteiger partial charge in [0.05, 0.1) is 17.8 Å².